The molecule has 0 unspecified atom stereocenters. The summed E-state index contributed by atoms with van der Waals surface area (Å²) in [6.45, 7) is 3.59. The number of hydrogen-bond donors (Lipinski definition) is 2. The maximum Gasteiger partial charge on any atom is 0.272 e. The predicted octanol–water partition coefficient (Wildman–Crippen LogP) is 2.12. The number of likely N-dealkylation sites (N-methyl/N-ethyl adjacent to an activating group) is 1. The topological polar surface area (TPSA) is 65.5 Å². The summed E-state index contributed by atoms with van der Waals surface area (Å²) in [6, 6.07) is 9.55. The van der Waals surface area contributed by atoms with Gasteiger partial charge in [-0.2, -0.15) is 0 Å². The van der Waals surface area contributed by atoms with Gasteiger partial charge in [0.15, 0.2) is 0 Å². The van der Waals surface area contributed by atoms with Crippen molar-refractivity contribution in [3.8, 4) is 0 Å². The van der Waals surface area contributed by atoms with E-state index in [1.807, 2.05) is 24.3 Å². The van der Waals surface area contributed by atoms with Crippen molar-refractivity contribution in [1.82, 2.24) is 9.88 Å². The molecule has 0 bridgehead atoms. The lowest BCUT2D eigenvalue weighted by molar-refractivity contribution is 0.0365. The highest BCUT2D eigenvalue weighted by molar-refractivity contribution is 6.00. The second kappa shape index (κ2) is 5.69. The summed E-state index contributed by atoms with van der Waals surface area (Å²) in [5, 5.41) is 14.8. The fourth-order valence-electron chi connectivity index (χ4n) is 2.35. The van der Waals surface area contributed by atoms with Crippen LogP contribution in [0.1, 0.15) is 24.3 Å². The number of aliphatic hydroxyl groups is 1. The van der Waals surface area contributed by atoms with Gasteiger partial charge in [0.1, 0.15) is 11.5 Å². The average molecular weight is 287 g/mol. The molecule has 21 heavy (non-hydrogen) atoms. The van der Waals surface area contributed by atoms with Crippen LogP contribution in [0.15, 0.2) is 30.3 Å². The minimum Gasteiger partial charge on any atom is -0.389 e. The molecule has 1 aromatic carbocycles. The molecule has 1 aromatic heterocycles. The summed E-state index contributed by atoms with van der Waals surface area (Å²) in [5.74, 6) is 0.465. The number of fused-ring (bicyclic) bond motifs is 1. The first-order valence-electron chi connectivity index (χ1n) is 6.87. The Kier molecular flexibility index (Phi) is 4.14. The number of rotatable bonds is 4. The molecule has 0 atom stereocenters. The van der Waals surface area contributed by atoms with Gasteiger partial charge in [-0.15, -0.1) is 0 Å². The number of nitrogens with zero attached hydrogens (tertiary/aromatic N) is 2. The number of hydrogen-bond acceptors (Lipinski definition) is 4. The zero-order valence-electron chi connectivity index (χ0n) is 12.8. The van der Waals surface area contributed by atoms with Crippen LogP contribution < -0.4 is 5.32 Å². The highest BCUT2D eigenvalue weighted by Crippen LogP contribution is 2.22. The summed E-state index contributed by atoms with van der Waals surface area (Å²) in [5.41, 5.74) is -0.572. The number of benzene rings is 1. The number of carbonyl (C=O) groups is 1. The van der Waals surface area contributed by atoms with Crippen LogP contribution in [-0.2, 0) is 0 Å². The Morgan fingerprint density at radius 1 is 1.38 bits per heavy atom. The van der Waals surface area contributed by atoms with Gasteiger partial charge in [-0.1, -0.05) is 24.3 Å². The van der Waals surface area contributed by atoms with E-state index in [0.29, 0.717) is 11.5 Å². The van der Waals surface area contributed by atoms with Gasteiger partial charge in [0, 0.05) is 26.0 Å². The van der Waals surface area contributed by atoms with Crippen molar-refractivity contribution in [2.24, 2.45) is 0 Å². The second-order valence-corrected chi connectivity index (χ2v) is 5.80. The zero-order valence-corrected chi connectivity index (χ0v) is 12.8. The van der Waals surface area contributed by atoms with Gasteiger partial charge >= 0.3 is 0 Å². The van der Waals surface area contributed by atoms with Gasteiger partial charge in [-0.25, -0.2) is 4.98 Å². The Bertz CT molecular complexity index is 662. The van der Waals surface area contributed by atoms with Crippen LogP contribution in [0.2, 0.25) is 0 Å². The first-order chi connectivity index (χ1) is 9.81. The molecule has 0 aliphatic rings. The fraction of sp³-hybridized carbons (Fsp3) is 0.375. The van der Waals surface area contributed by atoms with Gasteiger partial charge in [0.05, 0.1) is 5.60 Å². The van der Waals surface area contributed by atoms with Crippen LogP contribution in [0.3, 0.4) is 0 Å². The molecule has 112 valence electrons. The normalized spacial score (nSPS) is 11.5. The van der Waals surface area contributed by atoms with Crippen LogP contribution in [0.5, 0.6) is 0 Å². The molecule has 5 heteroatoms. The van der Waals surface area contributed by atoms with Crippen molar-refractivity contribution < 1.29 is 9.90 Å². The summed E-state index contributed by atoms with van der Waals surface area (Å²) in [6.07, 6.45) is 0. The zero-order chi connectivity index (χ0) is 15.6. The Balaban J connectivity index is 2.40. The first kappa shape index (κ1) is 15.3. The Hall–Kier alpha value is -2.14. The van der Waals surface area contributed by atoms with Crippen molar-refractivity contribution in [2.75, 3.05) is 26.0 Å². The molecule has 0 radical (unpaired) electrons. The van der Waals surface area contributed by atoms with E-state index in [0.717, 1.165) is 10.8 Å². The van der Waals surface area contributed by atoms with Gasteiger partial charge in [-0.3, -0.25) is 4.79 Å². The number of nitrogens with one attached hydrogen (secondary N) is 1. The van der Waals surface area contributed by atoms with E-state index in [-0.39, 0.29) is 12.5 Å². The van der Waals surface area contributed by atoms with Crippen molar-refractivity contribution in [2.45, 2.75) is 19.4 Å². The molecular weight excluding hydrogens is 266 g/mol. The quantitative estimate of drug-likeness (QED) is 0.904. The highest BCUT2D eigenvalue weighted by Gasteiger charge is 2.22. The number of aromatic nitrogens is 1. The monoisotopic (exact) mass is 287 g/mol. The highest BCUT2D eigenvalue weighted by atomic mass is 16.3. The molecule has 0 saturated heterocycles. The first-order valence-corrected chi connectivity index (χ1v) is 6.87. The SMILES string of the molecule is CNc1nc(C(=O)N(C)CC(C)(C)O)cc2ccccc12. The van der Waals surface area contributed by atoms with Gasteiger partial charge in [-0.05, 0) is 25.3 Å². The molecule has 0 saturated carbocycles. The number of carbonyl (C=O) groups excluding carboxylic acids is 1. The third-order valence-electron chi connectivity index (χ3n) is 3.17. The summed E-state index contributed by atoms with van der Waals surface area (Å²) in [4.78, 5) is 18.3. The lowest BCUT2D eigenvalue weighted by Crippen LogP contribution is -2.40. The molecule has 0 aliphatic carbocycles. The molecular formula is C16H21N3O2. The third-order valence-corrected chi connectivity index (χ3v) is 3.17. The Labute approximate surface area is 124 Å². The number of anilines is 1. The molecule has 1 amide bonds. The maximum atomic E-state index is 12.5. The summed E-state index contributed by atoms with van der Waals surface area (Å²) in [7, 11) is 3.44. The molecule has 1 heterocycles. The van der Waals surface area contributed by atoms with E-state index >= 15 is 0 Å². The fourth-order valence-corrected chi connectivity index (χ4v) is 2.35. The molecule has 0 spiro atoms. The van der Waals surface area contributed by atoms with Crippen LogP contribution in [0.25, 0.3) is 10.8 Å². The van der Waals surface area contributed by atoms with E-state index in [9.17, 15) is 9.90 Å². The molecule has 2 rings (SSSR count). The van der Waals surface area contributed by atoms with Gasteiger partial charge < -0.3 is 15.3 Å². The molecule has 2 N–H and O–H groups in total. The predicted molar refractivity (Wildman–Crippen MR) is 84.5 cm³/mol. The van der Waals surface area contributed by atoms with E-state index in [1.54, 1.807) is 34.0 Å². The van der Waals surface area contributed by atoms with E-state index in [2.05, 4.69) is 10.3 Å². The Morgan fingerprint density at radius 2 is 2.05 bits per heavy atom. The third kappa shape index (κ3) is 3.49. The van der Waals surface area contributed by atoms with E-state index in [1.165, 1.54) is 4.90 Å². The minimum absolute atomic E-state index is 0.209. The van der Waals surface area contributed by atoms with Gasteiger partial charge in [0.2, 0.25) is 0 Å². The molecule has 5 nitrogen and oxygen atoms in total. The van der Waals surface area contributed by atoms with Crippen LogP contribution in [0.4, 0.5) is 5.82 Å². The lowest BCUT2D eigenvalue weighted by Gasteiger charge is -2.25. The van der Waals surface area contributed by atoms with Crippen LogP contribution >= 0.6 is 0 Å². The largest absolute Gasteiger partial charge is 0.389 e. The van der Waals surface area contributed by atoms with Crippen LogP contribution in [-0.4, -0.2) is 47.1 Å². The van der Waals surface area contributed by atoms with Crippen LogP contribution in [0, 0.1) is 0 Å². The minimum atomic E-state index is -0.937. The van der Waals surface area contributed by atoms with E-state index < -0.39 is 5.60 Å². The van der Waals surface area contributed by atoms with E-state index in [4.69, 9.17) is 0 Å². The van der Waals surface area contributed by atoms with Crippen molar-refractivity contribution >= 4 is 22.5 Å². The molecule has 0 fully saturated rings. The molecule has 0 aliphatic heterocycles. The van der Waals surface area contributed by atoms with Crippen molar-refractivity contribution in [3.05, 3.63) is 36.0 Å². The standard InChI is InChI=1S/C16H21N3O2/c1-16(2,21)10-19(4)15(20)13-9-11-7-5-6-8-12(11)14(17-3)18-13/h5-9,21H,10H2,1-4H3,(H,17,18). The summed E-state index contributed by atoms with van der Waals surface area (Å²) < 4.78 is 0. The second-order valence-electron chi connectivity index (χ2n) is 5.80. The van der Waals surface area contributed by atoms with Crippen molar-refractivity contribution in [3.63, 3.8) is 0 Å². The lowest BCUT2D eigenvalue weighted by atomic mass is 10.1. The smallest absolute Gasteiger partial charge is 0.272 e. The number of amides is 1. The molecule has 2 aromatic rings. The average Bonchev–Trinajstić information content (AvgIpc) is 2.43. The van der Waals surface area contributed by atoms with Gasteiger partial charge in [0.25, 0.3) is 5.91 Å². The summed E-state index contributed by atoms with van der Waals surface area (Å²) >= 11 is 0. The van der Waals surface area contributed by atoms with Crippen molar-refractivity contribution in [1.29, 1.82) is 0 Å². The Morgan fingerprint density at radius 3 is 2.67 bits per heavy atom. The number of pyridine rings is 1. The maximum absolute atomic E-state index is 12.5.